The Balaban J connectivity index is 2.42. The number of rotatable bonds is 11. The average molecular weight is 488 g/mol. The number of hydrogen-bond acceptors (Lipinski definition) is 4. The number of amides is 2. The normalized spacial score (nSPS) is 13.3. The predicted octanol–water partition coefficient (Wildman–Crippen LogP) is 3.91. The molecule has 1 N–H and O–H groups in total. The van der Waals surface area contributed by atoms with Crippen LogP contribution in [0.15, 0.2) is 54.6 Å². The number of nitrogens with zero attached hydrogens (tertiary/aromatic N) is 2. The van der Waals surface area contributed by atoms with Gasteiger partial charge in [-0.1, -0.05) is 69.3 Å². The highest BCUT2D eigenvalue weighted by Crippen LogP contribution is 2.29. The molecule has 0 saturated carbocycles. The van der Waals surface area contributed by atoms with E-state index in [4.69, 9.17) is 0 Å². The summed E-state index contributed by atoms with van der Waals surface area (Å²) in [6.45, 7) is 9.30. The SMILES string of the molecule is CC[C@H](C)NC(=O)[C@@H](C)N(Cc1ccccc1)C(=O)CN(c1ccccc1C(C)C)S(C)(=O)=O. The molecule has 34 heavy (non-hydrogen) atoms. The predicted molar refractivity (Wildman–Crippen MR) is 137 cm³/mol. The summed E-state index contributed by atoms with van der Waals surface area (Å²) in [5.74, 6) is -0.650. The van der Waals surface area contributed by atoms with E-state index in [1.165, 1.54) is 4.90 Å². The summed E-state index contributed by atoms with van der Waals surface area (Å²) >= 11 is 0. The first-order valence-electron chi connectivity index (χ1n) is 11.7. The van der Waals surface area contributed by atoms with E-state index in [1.807, 2.05) is 70.2 Å². The first-order valence-corrected chi connectivity index (χ1v) is 13.5. The van der Waals surface area contributed by atoms with Crippen LogP contribution in [0.3, 0.4) is 0 Å². The quantitative estimate of drug-likeness (QED) is 0.521. The van der Waals surface area contributed by atoms with Gasteiger partial charge in [0.2, 0.25) is 21.8 Å². The third-order valence-electron chi connectivity index (χ3n) is 5.87. The number of nitrogens with one attached hydrogen (secondary N) is 1. The lowest BCUT2D eigenvalue weighted by Gasteiger charge is -2.32. The molecule has 0 radical (unpaired) electrons. The van der Waals surface area contributed by atoms with Gasteiger partial charge in [0, 0.05) is 12.6 Å². The summed E-state index contributed by atoms with van der Waals surface area (Å²) < 4.78 is 26.7. The summed E-state index contributed by atoms with van der Waals surface area (Å²) in [5.41, 5.74) is 2.16. The molecule has 186 valence electrons. The average Bonchev–Trinajstić information content (AvgIpc) is 2.80. The third kappa shape index (κ3) is 7.32. The fourth-order valence-corrected chi connectivity index (χ4v) is 4.49. The van der Waals surface area contributed by atoms with Crippen molar-refractivity contribution in [1.82, 2.24) is 10.2 Å². The minimum Gasteiger partial charge on any atom is -0.352 e. The summed E-state index contributed by atoms with van der Waals surface area (Å²) in [6, 6.07) is 15.7. The van der Waals surface area contributed by atoms with E-state index in [1.54, 1.807) is 19.1 Å². The van der Waals surface area contributed by atoms with Gasteiger partial charge in [0.15, 0.2) is 0 Å². The van der Waals surface area contributed by atoms with Crippen molar-refractivity contribution in [2.75, 3.05) is 17.1 Å². The number of carbonyl (C=O) groups excluding carboxylic acids is 2. The van der Waals surface area contributed by atoms with Crippen molar-refractivity contribution in [1.29, 1.82) is 0 Å². The Morgan fingerprint density at radius 3 is 2.09 bits per heavy atom. The van der Waals surface area contributed by atoms with Crippen LogP contribution in [-0.2, 0) is 26.2 Å². The fourth-order valence-electron chi connectivity index (χ4n) is 3.63. The summed E-state index contributed by atoms with van der Waals surface area (Å²) in [7, 11) is -3.76. The van der Waals surface area contributed by atoms with Crippen molar-refractivity contribution in [2.24, 2.45) is 0 Å². The van der Waals surface area contributed by atoms with Crippen LogP contribution in [-0.4, -0.2) is 50.0 Å². The Morgan fingerprint density at radius 2 is 1.53 bits per heavy atom. The molecule has 0 aliphatic heterocycles. The molecule has 0 aromatic heterocycles. The van der Waals surface area contributed by atoms with E-state index in [0.29, 0.717) is 5.69 Å². The van der Waals surface area contributed by atoms with Crippen molar-refractivity contribution in [3.05, 3.63) is 65.7 Å². The van der Waals surface area contributed by atoms with Crippen LogP contribution < -0.4 is 9.62 Å². The lowest BCUT2D eigenvalue weighted by molar-refractivity contribution is -0.139. The first-order chi connectivity index (χ1) is 16.0. The largest absolute Gasteiger partial charge is 0.352 e. The van der Waals surface area contributed by atoms with Crippen molar-refractivity contribution in [3.8, 4) is 0 Å². The number of carbonyl (C=O) groups is 2. The molecule has 2 aromatic rings. The fraction of sp³-hybridized carbons (Fsp3) is 0.462. The van der Waals surface area contributed by atoms with Gasteiger partial charge >= 0.3 is 0 Å². The van der Waals surface area contributed by atoms with E-state index < -0.39 is 28.5 Å². The second-order valence-corrected chi connectivity index (χ2v) is 10.9. The number of sulfonamides is 1. The first kappa shape index (κ1) is 27.4. The third-order valence-corrected chi connectivity index (χ3v) is 7.00. The maximum atomic E-state index is 13.6. The lowest BCUT2D eigenvalue weighted by Crippen LogP contribution is -2.52. The highest BCUT2D eigenvalue weighted by molar-refractivity contribution is 7.92. The van der Waals surface area contributed by atoms with E-state index in [0.717, 1.165) is 28.1 Å². The molecule has 0 aliphatic carbocycles. The number of anilines is 1. The van der Waals surface area contributed by atoms with Crippen LogP contribution in [0.4, 0.5) is 5.69 Å². The minimum atomic E-state index is -3.76. The lowest BCUT2D eigenvalue weighted by atomic mass is 10.0. The molecule has 0 fully saturated rings. The molecule has 2 amide bonds. The van der Waals surface area contributed by atoms with E-state index in [-0.39, 0.29) is 24.4 Å². The molecule has 2 aromatic carbocycles. The van der Waals surface area contributed by atoms with Gasteiger partial charge in [-0.05, 0) is 43.4 Å². The van der Waals surface area contributed by atoms with Crippen molar-refractivity contribution >= 4 is 27.5 Å². The molecule has 0 saturated heterocycles. The summed E-state index contributed by atoms with van der Waals surface area (Å²) in [6.07, 6.45) is 1.86. The molecule has 7 nitrogen and oxygen atoms in total. The Bertz CT molecular complexity index is 1070. The Kier molecular flexibility index (Phi) is 9.67. The van der Waals surface area contributed by atoms with Gasteiger partial charge in [0.05, 0.1) is 11.9 Å². The van der Waals surface area contributed by atoms with Gasteiger partial charge in [-0.25, -0.2) is 8.42 Å². The van der Waals surface area contributed by atoms with E-state index in [9.17, 15) is 18.0 Å². The zero-order valence-electron chi connectivity index (χ0n) is 21.0. The Hall–Kier alpha value is -2.87. The van der Waals surface area contributed by atoms with Crippen molar-refractivity contribution < 1.29 is 18.0 Å². The molecule has 8 heteroatoms. The maximum Gasteiger partial charge on any atom is 0.244 e. The van der Waals surface area contributed by atoms with Crippen LogP contribution in [0.2, 0.25) is 0 Å². The Labute approximate surface area is 204 Å². The molecular formula is C26H37N3O4S. The van der Waals surface area contributed by atoms with Gasteiger partial charge in [-0.15, -0.1) is 0 Å². The van der Waals surface area contributed by atoms with Gasteiger partial charge < -0.3 is 10.2 Å². The smallest absolute Gasteiger partial charge is 0.244 e. The molecule has 0 spiro atoms. The molecule has 0 unspecified atom stereocenters. The summed E-state index contributed by atoms with van der Waals surface area (Å²) in [4.78, 5) is 28.0. The number of para-hydroxylation sites is 1. The highest BCUT2D eigenvalue weighted by Gasteiger charge is 2.31. The maximum absolute atomic E-state index is 13.6. The minimum absolute atomic E-state index is 0.0333. The van der Waals surface area contributed by atoms with Gasteiger partial charge in [0.1, 0.15) is 12.6 Å². The van der Waals surface area contributed by atoms with Crippen LogP contribution in [0, 0.1) is 0 Å². The molecule has 0 aliphatic rings. The molecule has 2 atom stereocenters. The van der Waals surface area contributed by atoms with E-state index >= 15 is 0 Å². The zero-order chi connectivity index (χ0) is 25.5. The topological polar surface area (TPSA) is 86.8 Å². The number of benzene rings is 2. The molecule has 2 rings (SSSR count). The Morgan fingerprint density at radius 1 is 0.941 bits per heavy atom. The molecule has 0 heterocycles. The zero-order valence-corrected chi connectivity index (χ0v) is 21.8. The van der Waals surface area contributed by atoms with E-state index in [2.05, 4.69) is 5.32 Å². The van der Waals surface area contributed by atoms with Gasteiger partial charge in [-0.2, -0.15) is 0 Å². The van der Waals surface area contributed by atoms with Crippen LogP contribution in [0.5, 0.6) is 0 Å². The van der Waals surface area contributed by atoms with Crippen LogP contribution >= 0.6 is 0 Å². The molecular weight excluding hydrogens is 450 g/mol. The second-order valence-electron chi connectivity index (χ2n) is 8.98. The van der Waals surface area contributed by atoms with Gasteiger partial charge in [0.25, 0.3) is 0 Å². The standard InChI is InChI=1S/C26H37N3O4S/c1-7-20(4)27-26(31)21(5)28(17-22-13-9-8-10-14-22)25(30)18-29(34(6,32)33)24-16-12-11-15-23(24)19(2)3/h8-16,19-21H,7,17-18H2,1-6H3,(H,27,31)/t20-,21+/m0/s1. The monoisotopic (exact) mass is 487 g/mol. The van der Waals surface area contributed by atoms with Gasteiger partial charge in [-0.3, -0.25) is 13.9 Å². The van der Waals surface area contributed by atoms with Crippen molar-refractivity contribution in [2.45, 2.75) is 65.6 Å². The highest BCUT2D eigenvalue weighted by atomic mass is 32.2. The van der Waals surface area contributed by atoms with Crippen molar-refractivity contribution in [3.63, 3.8) is 0 Å². The summed E-state index contributed by atoms with van der Waals surface area (Å²) in [5, 5.41) is 2.93. The van der Waals surface area contributed by atoms with Crippen LogP contribution in [0.25, 0.3) is 0 Å². The van der Waals surface area contributed by atoms with Crippen LogP contribution in [0.1, 0.15) is 58.1 Å². The second kappa shape index (κ2) is 12.0. The molecule has 0 bridgehead atoms. The number of hydrogen-bond donors (Lipinski definition) is 1.